The fourth-order valence-corrected chi connectivity index (χ4v) is 2.42. The Morgan fingerprint density at radius 1 is 0.739 bits per heavy atom. The summed E-state index contributed by atoms with van der Waals surface area (Å²) < 4.78 is 0. The van der Waals surface area contributed by atoms with Crippen LogP contribution in [0.4, 0.5) is 0 Å². The molecule has 0 saturated heterocycles. The second-order valence-corrected chi connectivity index (χ2v) is 5.18. The van der Waals surface area contributed by atoms with Crippen LogP contribution >= 0.6 is 0 Å². The van der Waals surface area contributed by atoms with Crippen LogP contribution in [0.5, 0.6) is 5.75 Å². The Bertz CT molecular complexity index is 834. The number of carbonyl (C=O) groups is 1. The Morgan fingerprint density at radius 3 is 1.96 bits per heavy atom. The van der Waals surface area contributed by atoms with Gasteiger partial charge >= 0.3 is 0 Å². The molecule has 0 atom stereocenters. The van der Waals surface area contributed by atoms with Crippen molar-refractivity contribution in [3.63, 3.8) is 0 Å². The van der Waals surface area contributed by atoms with Gasteiger partial charge in [-0.1, -0.05) is 72.8 Å². The van der Waals surface area contributed by atoms with Crippen molar-refractivity contribution in [1.82, 2.24) is 0 Å². The Labute approximate surface area is 135 Å². The smallest absolute Gasteiger partial charge is 0.197 e. The summed E-state index contributed by atoms with van der Waals surface area (Å²) in [6.07, 6.45) is 1.85. The van der Waals surface area contributed by atoms with E-state index in [9.17, 15) is 9.90 Å². The summed E-state index contributed by atoms with van der Waals surface area (Å²) in [5.74, 6) is -0.203. The molecular weight excluding hydrogens is 284 g/mol. The molecule has 3 rings (SSSR count). The molecule has 0 radical (unpaired) electrons. The molecule has 0 amide bonds. The zero-order valence-corrected chi connectivity index (χ0v) is 12.5. The van der Waals surface area contributed by atoms with Crippen LogP contribution in [0.1, 0.15) is 21.5 Å². The SMILES string of the molecule is O=C(C(=Cc1ccccc1)c1ccccc1)c1ccccc1O. The Kier molecular flexibility index (Phi) is 4.34. The van der Waals surface area contributed by atoms with Gasteiger partial charge in [0.05, 0.1) is 5.56 Å². The van der Waals surface area contributed by atoms with Crippen molar-refractivity contribution in [2.45, 2.75) is 0 Å². The van der Waals surface area contributed by atoms with Gasteiger partial charge in [0.1, 0.15) is 5.75 Å². The third-order valence-corrected chi connectivity index (χ3v) is 3.59. The van der Waals surface area contributed by atoms with E-state index in [1.165, 1.54) is 6.07 Å². The van der Waals surface area contributed by atoms with Crippen molar-refractivity contribution >= 4 is 17.4 Å². The Morgan fingerprint density at radius 2 is 1.30 bits per heavy atom. The zero-order valence-electron chi connectivity index (χ0n) is 12.5. The maximum absolute atomic E-state index is 12.9. The number of Topliss-reactive ketones (excluding diaryl/α,β-unsaturated/α-hetero) is 1. The van der Waals surface area contributed by atoms with Crippen LogP contribution in [0.25, 0.3) is 11.6 Å². The van der Waals surface area contributed by atoms with Crippen molar-refractivity contribution in [3.8, 4) is 5.75 Å². The topological polar surface area (TPSA) is 37.3 Å². The number of benzene rings is 3. The van der Waals surface area contributed by atoms with E-state index < -0.39 is 0 Å². The minimum Gasteiger partial charge on any atom is -0.507 e. The van der Waals surface area contributed by atoms with Crippen molar-refractivity contribution in [2.24, 2.45) is 0 Å². The highest BCUT2D eigenvalue weighted by molar-refractivity contribution is 6.33. The first kappa shape index (κ1) is 14.8. The highest BCUT2D eigenvalue weighted by Gasteiger charge is 2.17. The number of hydrogen-bond acceptors (Lipinski definition) is 2. The molecule has 23 heavy (non-hydrogen) atoms. The number of carbonyl (C=O) groups excluding carboxylic acids is 1. The lowest BCUT2D eigenvalue weighted by Crippen LogP contribution is -2.03. The number of rotatable bonds is 4. The van der Waals surface area contributed by atoms with E-state index in [-0.39, 0.29) is 11.5 Å². The van der Waals surface area contributed by atoms with Crippen LogP contribution in [0, 0.1) is 0 Å². The van der Waals surface area contributed by atoms with Gasteiger partial charge in [-0.25, -0.2) is 0 Å². The number of hydrogen-bond donors (Lipinski definition) is 1. The third-order valence-electron chi connectivity index (χ3n) is 3.59. The quantitative estimate of drug-likeness (QED) is 0.426. The van der Waals surface area contributed by atoms with Crippen LogP contribution in [0.15, 0.2) is 84.9 Å². The molecular formula is C21H16O2. The van der Waals surface area contributed by atoms with E-state index in [0.29, 0.717) is 11.1 Å². The van der Waals surface area contributed by atoms with Crippen LogP contribution in [0.3, 0.4) is 0 Å². The largest absolute Gasteiger partial charge is 0.507 e. The van der Waals surface area contributed by atoms with Crippen LogP contribution in [0.2, 0.25) is 0 Å². The molecule has 2 nitrogen and oxygen atoms in total. The first-order chi connectivity index (χ1) is 11.3. The molecule has 0 bridgehead atoms. The summed E-state index contributed by atoms with van der Waals surface area (Å²) in [6, 6.07) is 25.8. The van der Waals surface area contributed by atoms with Gasteiger partial charge in [0, 0.05) is 5.57 Å². The summed E-state index contributed by atoms with van der Waals surface area (Å²) in [5.41, 5.74) is 2.62. The average molecular weight is 300 g/mol. The van der Waals surface area contributed by atoms with Crippen LogP contribution in [-0.2, 0) is 0 Å². The molecule has 0 unspecified atom stereocenters. The molecule has 0 aliphatic heterocycles. The molecule has 0 fully saturated rings. The standard InChI is InChI=1S/C21H16O2/c22-20-14-8-7-13-18(20)21(23)19(17-11-5-2-6-12-17)15-16-9-3-1-4-10-16/h1-15,22H. The summed E-state index contributed by atoms with van der Waals surface area (Å²) in [6.45, 7) is 0. The van der Waals surface area contributed by atoms with E-state index in [2.05, 4.69) is 0 Å². The molecule has 0 spiro atoms. The molecule has 1 N–H and O–H groups in total. The van der Waals surface area contributed by atoms with Crippen molar-refractivity contribution < 1.29 is 9.90 Å². The summed E-state index contributed by atoms with van der Waals surface area (Å²) >= 11 is 0. The predicted molar refractivity (Wildman–Crippen MR) is 93.2 cm³/mol. The average Bonchev–Trinajstić information content (AvgIpc) is 2.61. The molecule has 0 aromatic heterocycles. The van der Waals surface area contributed by atoms with Crippen molar-refractivity contribution in [1.29, 1.82) is 0 Å². The fraction of sp³-hybridized carbons (Fsp3) is 0. The van der Waals surface area contributed by atoms with Gasteiger partial charge in [0.2, 0.25) is 0 Å². The lowest BCUT2D eigenvalue weighted by atomic mass is 9.94. The molecule has 0 heterocycles. The van der Waals surface area contributed by atoms with Gasteiger partial charge < -0.3 is 5.11 Å². The molecule has 3 aromatic rings. The fourth-order valence-electron chi connectivity index (χ4n) is 2.42. The van der Waals surface area contributed by atoms with Crippen LogP contribution < -0.4 is 0 Å². The van der Waals surface area contributed by atoms with Gasteiger partial charge in [-0.2, -0.15) is 0 Å². The van der Waals surface area contributed by atoms with Crippen LogP contribution in [-0.4, -0.2) is 10.9 Å². The van der Waals surface area contributed by atoms with Gasteiger partial charge in [-0.3, -0.25) is 4.79 Å². The zero-order chi connectivity index (χ0) is 16.1. The molecule has 2 heteroatoms. The van der Waals surface area contributed by atoms with Crippen molar-refractivity contribution in [3.05, 3.63) is 102 Å². The van der Waals surface area contributed by atoms with Gasteiger partial charge in [0.15, 0.2) is 5.78 Å². The minimum absolute atomic E-state index is 0.00704. The maximum Gasteiger partial charge on any atom is 0.197 e. The number of ketones is 1. The molecule has 0 aliphatic rings. The monoisotopic (exact) mass is 300 g/mol. The second kappa shape index (κ2) is 6.75. The van der Waals surface area contributed by atoms with Crippen molar-refractivity contribution in [2.75, 3.05) is 0 Å². The van der Waals surface area contributed by atoms with E-state index in [1.54, 1.807) is 18.2 Å². The summed E-state index contributed by atoms with van der Waals surface area (Å²) in [5, 5.41) is 9.99. The molecule has 112 valence electrons. The lowest BCUT2D eigenvalue weighted by molar-refractivity contribution is 0.105. The molecule has 3 aromatic carbocycles. The first-order valence-electron chi connectivity index (χ1n) is 7.40. The van der Waals surface area contributed by atoms with E-state index >= 15 is 0 Å². The first-order valence-corrected chi connectivity index (χ1v) is 7.40. The van der Waals surface area contributed by atoms with E-state index in [1.807, 2.05) is 66.7 Å². The highest BCUT2D eigenvalue weighted by atomic mass is 16.3. The third kappa shape index (κ3) is 3.38. The Balaban J connectivity index is 2.11. The molecule has 0 aliphatic carbocycles. The van der Waals surface area contributed by atoms with Gasteiger partial charge in [-0.15, -0.1) is 0 Å². The van der Waals surface area contributed by atoms with E-state index in [4.69, 9.17) is 0 Å². The maximum atomic E-state index is 12.9. The normalized spacial score (nSPS) is 11.2. The number of allylic oxidation sites excluding steroid dienone is 1. The number of aromatic hydroxyl groups is 1. The predicted octanol–water partition coefficient (Wildman–Crippen LogP) is 4.82. The highest BCUT2D eigenvalue weighted by Crippen LogP contribution is 2.26. The van der Waals surface area contributed by atoms with Gasteiger partial charge in [-0.05, 0) is 29.3 Å². The number of phenolic OH excluding ortho intramolecular Hbond substituents is 1. The van der Waals surface area contributed by atoms with Gasteiger partial charge in [0.25, 0.3) is 0 Å². The lowest BCUT2D eigenvalue weighted by Gasteiger charge is -2.09. The minimum atomic E-state index is -0.196. The summed E-state index contributed by atoms with van der Waals surface area (Å²) in [4.78, 5) is 12.9. The number of phenols is 1. The molecule has 0 saturated carbocycles. The number of para-hydroxylation sites is 1. The Hall–Kier alpha value is -3.13. The second-order valence-electron chi connectivity index (χ2n) is 5.18. The summed E-state index contributed by atoms with van der Waals surface area (Å²) in [7, 11) is 0. The van der Waals surface area contributed by atoms with E-state index in [0.717, 1.165) is 11.1 Å².